The van der Waals surface area contributed by atoms with Crippen molar-refractivity contribution in [2.45, 2.75) is 39.2 Å². The molecule has 1 N–H and O–H groups in total. The van der Waals surface area contributed by atoms with Crippen LogP contribution in [0.15, 0.2) is 78.6 Å². The van der Waals surface area contributed by atoms with Crippen molar-refractivity contribution in [2.75, 3.05) is 11.5 Å². The fraction of sp³-hybridized carbons (Fsp3) is 0.250. The third kappa shape index (κ3) is 4.57. The van der Waals surface area contributed by atoms with Crippen molar-refractivity contribution in [3.8, 4) is 5.75 Å². The third-order valence-corrected chi connectivity index (χ3v) is 5.96. The summed E-state index contributed by atoms with van der Waals surface area (Å²) in [5.41, 5.74) is 2.59. The van der Waals surface area contributed by atoms with Gasteiger partial charge in [-0.3, -0.25) is 19.5 Å². The number of nitrogens with zero attached hydrogens (tertiary/aromatic N) is 2. The van der Waals surface area contributed by atoms with E-state index >= 15 is 0 Å². The van der Waals surface area contributed by atoms with Crippen molar-refractivity contribution in [1.82, 2.24) is 4.98 Å². The molecule has 0 radical (unpaired) electrons. The monoisotopic (exact) mass is 456 g/mol. The van der Waals surface area contributed by atoms with Crippen LogP contribution in [0.3, 0.4) is 0 Å². The number of unbranched alkanes of at least 4 members (excludes halogenated alkanes) is 2. The number of ether oxygens (including phenoxy) is 1. The lowest BCUT2D eigenvalue weighted by atomic mass is 9.96. The van der Waals surface area contributed by atoms with Crippen LogP contribution in [0.2, 0.25) is 0 Å². The highest BCUT2D eigenvalue weighted by Crippen LogP contribution is 2.42. The minimum atomic E-state index is -0.792. The number of pyridine rings is 1. The van der Waals surface area contributed by atoms with E-state index in [-0.39, 0.29) is 11.3 Å². The van der Waals surface area contributed by atoms with Crippen LogP contribution in [0.25, 0.3) is 5.76 Å². The van der Waals surface area contributed by atoms with Crippen LogP contribution in [-0.4, -0.2) is 28.4 Å². The highest BCUT2D eigenvalue weighted by Gasteiger charge is 2.47. The lowest BCUT2D eigenvalue weighted by Crippen LogP contribution is -2.30. The Morgan fingerprint density at radius 2 is 1.79 bits per heavy atom. The second-order valence-corrected chi connectivity index (χ2v) is 8.32. The standard InChI is InChI=1S/C28H28N2O4/c1-3-4-7-17-34-22-14-12-20(13-15-22)26(31)24-25(21-10-8-16-29-18-21)30(28(33)27(24)32)23-11-6-5-9-19(23)2/h5-6,8-16,18,25,31H,3-4,7,17H2,1-2H3/b26-24+. The van der Waals surface area contributed by atoms with E-state index in [1.165, 1.54) is 4.90 Å². The number of carbonyl (C=O) groups excluding carboxylic acids is 2. The highest BCUT2D eigenvalue weighted by molar-refractivity contribution is 6.51. The van der Waals surface area contributed by atoms with Gasteiger partial charge >= 0.3 is 0 Å². The molecule has 3 aromatic rings. The molecule has 174 valence electrons. The molecule has 4 rings (SSSR count). The highest BCUT2D eigenvalue weighted by atomic mass is 16.5. The number of benzene rings is 2. The minimum Gasteiger partial charge on any atom is -0.507 e. The number of amides is 1. The van der Waals surface area contributed by atoms with E-state index in [0.29, 0.717) is 29.2 Å². The first kappa shape index (κ1) is 23.2. The number of para-hydroxylation sites is 1. The van der Waals surface area contributed by atoms with E-state index in [4.69, 9.17) is 4.74 Å². The molecule has 2 aromatic carbocycles. The van der Waals surface area contributed by atoms with Crippen LogP contribution in [0.5, 0.6) is 5.75 Å². The van der Waals surface area contributed by atoms with Gasteiger partial charge in [0.05, 0.1) is 18.2 Å². The second kappa shape index (κ2) is 10.3. The van der Waals surface area contributed by atoms with Crippen LogP contribution in [0, 0.1) is 6.92 Å². The van der Waals surface area contributed by atoms with Gasteiger partial charge in [0.15, 0.2) is 0 Å². The molecule has 1 fully saturated rings. The van der Waals surface area contributed by atoms with E-state index in [0.717, 1.165) is 24.8 Å². The Hall–Kier alpha value is -3.93. The summed E-state index contributed by atoms with van der Waals surface area (Å²) >= 11 is 0. The average Bonchev–Trinajstić information content (AvgIpc) is 3.13. The van der Waals surface area contributed by atoms with Gasteiger partial charge < -0.3 is 9.84 Å². The molecule has 1 aliphatic heterocycles. The molecule has 0 bridgehead atoms. The maximum Gasteiger partial charge on any atom is 0.300 e. The molecule has 1 amide bonds. The van der Waals surface area contributed by atoms with Gasteiger partial charge in [-0.05, 0) is 60.9 Å². The number of ketones is 1. The van der Waals surface area contributed by atoms with Crippen LogP contribution in [-0.2, 0) is 9.59 Å². The number of Topliss-reactive ketones (excluding diaryl/α,β-unsaturated/α-hetero) is 1. The van der Waals surface area contributed by atoms with Gasteiger partial charge in [-0.2, -0.15) is 0 Å². The number of anilines is 1. The summed E-state index contributed by atoms with van der Waals surface area (Å²) in [6.07, 6.45) is 6.44. The summed E-state index contributed by atoms with van der Waals surface area (Å²) in [5, 5.41) is 11.2. The SMILES string of the molecule is CCCCCOc1ccc(/C(O)=C2\C(=O)C(=O)N(c3ccccc3C)C2c2cccnc2)cc1. The van der Waals surface area contributed by atoms with Gasteiger partial charge in [-0.25, -0.2) is 0 Å². The van der Waals surface area contributed by atoms with Crippen LogP contribution >= 0.6 is 0 Å². The quantitative estimate of drug-likeness (QED) is 0.207. The molecule has 34 heavy (non-hydrogen) atoms. The summed E-state index contributed by atoms with van der Waals surface area (Å²) in [6, 6.07) is 17.1. The van der Waals surface area contributed by atoms with Gasteiger partial charge in [0.1, 0.15) is 11.5 Å². The molecule has 6 heteroatoms. The van der Waals surface area contributed by atoms with E-state index < -0.39 is 17.7 Å². The fourth-order valence-electron chi connectivity index (χ4n) is 4.17. The Balaban J connectivity index is 1.75. The Morgan fingerprint density at radius 3 is 2.47 bits per heavy atom. The lowest BCUT2D eigenvalue weighted by Gasteiger charge is -2.26. The van der Waals surface area contributed by atoms with E-state index in [1.54, 1.807) is 54.9 Å². The van der Waals surface area contributed by atoms with Gasteiger partial charge in [-0.1, -0.05) is 44.0 Å². The molecule has 1 unspecified atom stereocenters. The molecule has 1 atom stereocenters. The predicted octanol–water partition coefficient (Wildman–Crippen LogP) is 5.59. The number of carbonyl (C=O) groups is 2. The van der Waals surface area contributed by atoms with Gasteiger partial charge in [-0.15, -0.1) is 0 Å². The zero-order valence-corrected chi connectivity index (χ0v) is 19.4. The van der Waals surface area contributed by atoms with Crippen molar-refractivity contribution < 1.29 is 19.4 Å². The predicted molar refractivity (Wildman–Crippen MR) is 132 cm³/mol. The maximum absolute atomic E-state index is 13.2. The van der Waals surface area contributed by atoms with Gasteiger partial charge in [0.2, 0.25) is 0 Å². The van der Waals surface area contributed by atoms with Crippen LogP contribution in [0.1, 0.15) is 48.9 Å². The summed E-state index contributed by atoms with van der Waals surface area (Å²) in [6.45, 7) is 4.65. The Morgan fingerprint density at radius 1 is 1.03 bits per heavy atom. The van der Waals surface area contributed by atoms with E-state index in [2.05, 4.69) is 11.9 Å². The van der Waals surface area contributed by atoms with Crippen molar-refractivity contribution in [1.29, 1.82) is 0 Å². The lowest BCUT2D eigenvalue weighted by molar-refractivity contribution is -0.132. The topological polar surface area (TPSA) is 79.7 Å². The first-order valence-corrected chi connectivity index (χ1v) is 11.5. The third-order valence-electron chi connectivity index (χ3n) is 5.96. The molecular weight excluding hydrogens is 428 g/mol. The van der Waals surface area contributed by atoms with Crippen LogP contribution in [0.4, 0.5) is 5.69 Å². The van der Waals surface area contributed by atoms with Crippen molar-refractivity contribution >= 4 is 23.1 Å². The summed E-state index contributed by atoms with van der Waals surface area (Å²) < 4.78 is 5.75. The number of aryl methyl sites for hydroxylation is 1. The largest absolute Gasteiger partial charge is 0.507 e. The molecule has 2 heterocycles. The number of aliphatic hydroxyl groups excluding tert-OH is 1. The van der Waals surface area contributed by atoms with Crippen molar-refractivity contribution in [3.05, 3.63) is 95.3 Å². The second-order valence-electron chi connectivity index (χ2n) is 8.32. The normalized spacial score (nSPS) is 17.2. The number of hydrogen-bond acceptors (Lipinski definition) is 5. The molecule has 1 saturated heterocycles. The van der Waals surface area contributed by atoms with Crippen molar-refractivity contribution in [2.24, 2.45) is 0 Å². The molecule has 0 aliphatic carbocycles. The van der Waals surface area contributed by atoms with E-state index in [9.17, 15) is 14.7 Å². The molecular formula is C28H28N2O4. The average molecular weight is 457 g/mol. The first-order valence-electron chi connectivity index (χ1n) is 11.5. The minimum absolute atomic E-state index is 0.0397. The molecule has 6 nitrogen and oxygen atoms in total. The maximum atomic E-state index is 13.2. The van der Waals surface area contributed by atoms with Crippen molar-refractivity contribution in [3.63, 3.8) is 0 Å². The molecule has 0 spiro atoms. The first-order chi connectivity index (χ1) is 16.5. The Bertz CT molecular complexity index is 1200. The number of aliphatic hydroxyl groups is 1. The Kier molecular flexibility index (Phi) is 7.07. The zero-order chi connectivity index (χ0) is 24.1. The smallest absolute Gasteiger partial charge is 0.300 e. The summed E-state index contributed by atoms with van der Waals surface area (Å²) in [4.78, 5) is 32.0. The van der Waals surface area contributed by atoms with E-state index in [1.807, 2.05) is 25.1 Å². The molecule has 1 aromatic heterocycles. The molecule has 1 aliphatic rings. The van der Waals surface area contributed by atoms with Gasteiger partial charge in [0, 0.05) is 23.6 Å². The number of hydrogen-bond donors (Lipinski definition) is 1. The molecule has 0 saturated carbocycles. The fourth-order valence-corrected chi connectivity index (χ4v) is 4.17. The summed E-state index contributed by atoms with van der Waals surface area (Å²) in [7, 11) is 0. The number of rotatable bonds is 8. The zero-order valence-electron chi connectivity index (χ0n) is 19.4. The Labute approximate surface area is 199 Å². The van der Waals surface area contributed by atoms with Crippen LogP contribution < -0.4 is 9.64 Å². The van der Waals surface area contributed by atoms with Gasteiger partial charge in [0.25, 0.3) is 11.7 Å². The number of aromatic nitrogens is 1. The summed E-state index contributed by atoms with van der Waals surface area (Å²) in [5.74, 6) is -0.937.